The van der Waals surface area contributed by atoms with Crippen LogP contribution in [0.5, 0.6) is 0 Å². The number of rotatable bonds is 4. The molecule has 5 heteroatoms. The molecule has 1 aliphatic rings. The van der Waals surface area contributed by atoms with Gasteiger partial charge in [-0.25, -0.2) is 9.97 Å². The predicted molar refractivity (Wildman–Crippen MR) is 97.5 cm³/mol. The molecule has 3 N–H and O–H groups in total. The van der Waals surface area contributed by atoms with E-state index in [4.69, 9.17) is 0 Å². The van der Waals surface area contributed by atoms with Gasteiger partial charge in [-0.2, -0.15) is 0 Å². The summed E-state index contributed by atoms with van der Waals surface area (Å²) in [5.41, 5.74) is 5.02. The van der Waals surface area contributed by atoms with Crippen LogP contribution in [-0.2, 0) is 19.3 Å². The molecule has 24 heavy (non-hydrogen) atoms. The average Bonchev–Trinajstić information content (AvgIpc) is 2.84. The van der Waals surface area contributed by atoms with E-state index >= 15 is 0 Å². The molecular weight excluding hydrogens is 298 g/mol. The highest BCUT2D eigenvalue weighted by molar-refractivity contribution is 5.83. The van der Waals surface area contributed by atoms with E-state index in [0.717, 1.165) is 50.5 Å². The van der Waals surface area contributed by atoms with Gasteiger partial charge in [-0.05, 0) is 37.9 Å². The Hall–Kier alpha value is -2.40. The van der Waals surface area contributed by atoms with Crippen molar-refractivity contribution in [2.45, 2.75) is 26.2 Å². The van der Waals surface area contributed by atoms with Crippen molar-refractivity contribution in [1.29, 1.82) is 0 Å². The van der Waals surface area contributed by atoms with Gasteiger partial charge in [-0.1, -0.05) is 18.2 Å². The van der Waals surface area contributed by atoms with Crippen LogP contribution in [-0.4, -0.2) is 34.6 Å². The molecule has 124 valence electrons. The molecule has 4 rings (SSSR count). The molecule has 1 aliphatic heterocycles. The molecule has 0 saturated heterocycles. The highest BCUT2D eigenvalue weighted by Gasteiger charge is 2.15. The Morgan fingerprint density at radius 2 is 2.00 bits per heavy atom. The predicted octanol–water partition coefficient (Wildman–Crippen LogP) is 2.61. The Morgan fingerprint density at radius 1 is 1.12 bits per heavy atom. The minimum absolute atomic E-state index is 0.852. The number of aryl methyl sites for hydroxylation is 1. The minimum Gasteiger partial charge on any atom is -0.369 e. The van der Waals surface area contributed by atoms with Crippen LogP contribution in [0.1, 0.15) is 22.6 Å². The van der Waals surface area contributed by atoms with Crippen molar-refractivity contribution < 1.29 is 0 Å². The second-order valence-corrected chi connectivity index (χ2v) is 6.33. The summed E-state index contributed by atoms with van der Waals surface area (Å²) >= 11 is 0. The second kappa shape index (κ2) is 6.61. The molecule has 0 fully saturated rings. The van der Waals surface area contributed by atoms with E-state index in [-0.39, 0.29) is 0 Å². The molecule has 0 atom stereocenters. The monoisotopic (exact) mass is 321 g/mol. The van der Waals surface area contributed by atoms with Crippen LogP contribution in [0.4, 0.5) is 5.82 Å². The Morgan fingerprint density at radius 3 is 2.96 bits per heavy atom. The third-order valence-electron chi connectivity index (χ3n) is 4.66. The molecule has 0 unspecified atom stereocenters. The first-order valence-electron chi connectivity index (χ1n) is 8.67. The molecule has 0 spiro atoms. The number of aromatic nitrogens is 3. The molecule has 0 saturated carbocycles. The maximum atomic E-state index is 4.65. The van der Waals surface area contributed by atoms with Crippen LogP contribution in [0, 0.1) is 6.92 Å². The maximum absolute atomic E-state index is 4.65. The fraction of sp³-hybridized carbons (Fsp3) is 0.368. The number of hydrogen-bond donors (Lipinski definition) is 3. The van der Waals surface area contributed by atoms with Gasteiger partial charge in [0.15, 0.2) is 0 Å². The van der Waals surface area contributed by atoms with Crippen LogP contribution < -0.4 is 10.6 Å². The minimum atomic E-state index is 0.852. The number of para-hydroxylation sites is 1. The molecular formula is C19H23N5. The molecule has 0 amide bonds. The lowest BCUT2D eigenvalue weighted by Crippen LogP contribution is -2.16. The number of hydrogen-bond acceptors (Lipinski definition) is 4. The van der Waals surface area contributed by atoms with Gasteiger partial charge in [-0.3, -0.25) is 0 Å². The number of anilines is 1. The number of nitrogens with one attached hydrogen (secondary N) is 3. The maximum Gasteiger partial charge on any atom is 0.133 e. The largest absolute Gasteiger partial charge is 0.369 e. The Kier molecular flexibility index (Phi) is 4.17. The fourth-order valence-corrected chi connectivity index (χ4v) is 3.47. The number of aromatic amines is 1. The Balaban J connectivity index is 1.51. The van der Waals surface area contributed by atoms with Gasteiger partial charge < -0.3 is 15.6 Å². The average molecular weight is 321 g/mol. The van der Waals surface area contributed by atoms with E-state index in [1.807, 2.05) is 6.92 Å². The van der Waals surface area contributed by atoms with Crippen molar-refractivity contribution in [3.8, 4) is 0 Å². The van der Waals surface area contributed by atoms with Crippen molar-refractivity contribution in [1.82, 2.24) is 20.3 Å². The van der Waals surface area contributed by atoms with Gasteiger partial charge in [0.25, 0.3) is 0 Å². The summed E-state index contributed by atoms with van der Waals surface area (Å²) in [6, 6.07) is 8.45. The third kappa shape index (κ3) is 2.99. The molecule has 1 aromatic carbocycles. The van der Waals surface area contributed by atoms with Crippen molar-refractivity contribution in [3.63, 3.8) is 0 Å². The van der Waals surface area contributed by atoms with E-state index in [9.17, 15) is 0 Å². The number of fused-ring (bicyclic) bond motifs is 2. The van der Waals surface area contributed by atoms with Gasteiger partial charge in [-0.15, -0.1) is 0 Å². The molecule has 0 radical (unpaired) electrons. The summed E-state index contributed by atoms with van der Waals surface area (Å²) in [6.45, 7) is 4.84. The van der Waals surface area contributed by atoms with Crippen molar-refractivity contribution >= 4 is 16.7 Å². The highest BCUT2D eigenvalue weighted by Crippen LogP contribution is 2.21. The summed E-state index contributed by atoms with van der Waals surface area (Å²) < 4.78 is 0. The topological polar surface area (TPSA) is 65.6 Å². The molecule has 0 aliphatic carbocycles. The van der Waals surface area contributed by atoms with Crippen LogP contribution in [0.25, 0.3) is 10.9 Å². The zero-order valence-corrected chi connectivity index (χ0v) is 14.0. The van der Waals surface area contributed by atoms with Crippen LogP contribution in [0.15, 0.2) is 30.5 Å². The first-order valence-corrected chi connectivity index (χ1v) is 8.67. The van der Waals surface area contributed by atoms with Gasteiger partial charge in [0, 0.05) is 42.2 Å². The molecule has 0 bridgehead atoms. The number of benzene rings is 1. The molecule has 2 aromatic heterocycles. The molecule has 3 heterocycles. The van der Waals surface area contributed by atoms with Crippen LogP contribution in [0.3, 0.4) is 0 Å². The standard InChI is InChI=1S/C19H23N5/c1-13-23-18-8-10-20-9-7-16(18)19(24-13)21-11-6-14-12-22-17-5-3-2-4-15(14)17/h2-5,12,20,22H,6-11H2,1H3,(H,21,23,24). The highest BCUT2D eigenvalue weighted by atomic mass is 15.0. The first-order chi connectivity index (χ1) is 11.8. The molecule has 5 nitrogen and oxygen atoms in total. The van der Waals surface area contributed by atoms with E-state index in [1.165, 1.54) is 27.7 Å². The second-order valence-electron chi connectivity index (χ2n) is 6.33. The normalized spacial score (nSPS) is 14.4. The van der Waals surface area contributed by atoms with Gasteiger partial charge in [0.2, 0.25) is 0 Å². The Bertz CT molecular complexity index is 852. The summed E-state index contributed by atoms with van der Waals surface area (Å²) in [5.74, 6) is 1.87. The molecule has 3 aromatic rings. The summed E-state index contributed by atoms with van der Waals surface area (Å²) in [7, 11) is 0. The fourth-order valence-electron chi connectivity index (χ4n) is 3.47. The van der Waals surface area contributed by atoms with E-state index in [2.05, 4.69) is 56.0 Å². The zero-order valence-electron chi connectivity index (χ0n) is 14.0. The van der Waals surface area contributed by atoms with Crippen molar-refractivity contribution in [2.24, 2.45) is 0 Å². The van der Waals surface area contributed by atoms with Crippen molar-refractivity contribution in [3.05, 3.63) is 53.1 Å². The first kappa shape index (κ1) is 15.1. The number of nitrogens with zero attached hydrogens (tertiary/aromatic N) is 2. The van der Waals surface area contributed by atoms with E-state index in [1.54, 1.807) is 0 Å². The lowest BCUT2D eigenvalue weighted by Gasteiger charge is -2.13. The van der Waals surface area contributed by atoms with Crippen LogP contribution >= 0.6 is 0 Å². The van der Waals surface area contributed by atoms with E-state index in [0.29, 0.717) is 0 Å². The van der Waals surface area contributed by atoms with Gasteiger partial charge in [0.05, 0.1) is 5.69 Å². The summed E-state index contributed by atoms with van der Waals surface area (Å²) in [5, 5.41) is 8.30. The van der Waals surface area contributed by atoms with Crippen molar-refractivity contribution in [2.75, 3.05) is 25.0 Å². The SMILES string of the molecule is Cc1nc2c(c(NCCc3c[nH]c4ccccc34)n1)CCNCC2. The summed E-state index contributed by atoms with van der Waals surface area (Å²) in [4.78, 5) is 12.6. The lowest BCUT2D eigenvalue weighted by molar-refractivity contribution is 0.708. The Labute approximate surface area is 141 Å². The zero-order chi connectivity index (χ0) is 16.4. The number of H-pyrrole nitrogens is 1. The third-order valence-corrected chi connectivity index (χ3v) is 4.66. The van der Waals surface area contributed by atoms with E-state index < -0.39 is 0 Å². The smallest absolute Gasteiger partial charge is 0.133 e. The lowest BCUT2D eigenvalue weighted by atomic mass is 10.1. The summed E-state index contributed by atoms with van der Waals surface area (Å²) in [6.07, 6.45) is 5.06. The quantitative estimate of drug-likeness (QED) is 0.691. The van der Waals surface area contributed by atoms with Crippen LogP contribution in [0.2, 0.25) is 0 Å². The van der Waals surface area contributed by atoms with Gasteiger partial charge >= 0.3 is 0 Å². The van der Waals surface area contributed by atoms with Gasteiger partial charge in [0.1, 0.15) is 11.6 Å².